The molecule has 6 nitrogen and oxygen atoms in total. The summed E-state index contributed by atoms with van der Waals surface area (Å²) in [6.07, 6.45) is 38.4. The maximum Gasteiger partial charge on any atom is 0.306 e. The van der Waals surface area contributed by atoms with Crippen molar-refractivity contribution in [3.05, 3.63) is 12.2 Å². The molecule has 290 valence electrons. The molecular formula is C43H83NO5. The zero-order valence-electron chi connectivity index (χ0n) is 32.8. The van der Waals surface area contributed by atoms with Crippen molar-refractivity contribution < 1.29 is 24.5 Å². The van der Waals surface area contributed by atoms with E-state index in [1.54, 1.807) is 0 Å². The Morgan fingerprint density at radius 1 is 0.571 bits per heavy atom. The molecular weight excluding hydrogens is 610 g/mol. The van der Waals surface area contributed by atoms with Crippen LogP contribution in [-0.2, 0) is 14.3 Å². The normalized spacial score (nSPS) is 13.5. The first-order valence-corrected chi connectivity index (χ1v) is 21.4. The highest BCUT2D eigenvalue weighted by molar-refractivity contribution is 5.77. The first-order chi connectivity index (χ1) is 24.0. The van der Waals surface area contributed by atoms with Crippen LogP contribution in [0.1, 0.15) is 226 Å². The van der Waals surface area contributed by atoms with Gasteiger partial charge in [0, 0.05) is 6.42 Å². The smallest absolute Gasteiger partial charge is 0.306 e. The number of esters is 1. The van der Waals surface area contributed by atoms with Crippen molar-refractivity contribution in [2.75, 3.05) is 6.61 Å². The summed E-state index contributed by atoms with van der Waals surface area (Å²) in [5, 5.41) is 23.5. The molecule has 0 saturated carbocycles. The van der Waals surface area contributed by atoms with E-state index in [1.807, 2.05) is 0 Å². The lowest BCUT2D eigenvalue weighted by molar-refractivity contribution is -0.151. The van der Waals surface area contributed by atoms with Crippen molar-refractivity contribution in [3.8, 4) is 0 Å². The molecule has 0 aromatic rings. The first kappa shape index (κ1) is 47.6. The molecule has 1 amide bonds. The molecule has 0 aliphatic carbocycles. The summed E-state index contributed by atoms with van der Waals surface area (Å²) in [6, 6.07) is -0.696. The van der Waals surface area contributed by atoms with Gasteiger partial charge in [-0.15, -0.1) is 0 Å². The molecule has 0 aromatic heterocycles. The molecule has 6 heteroatoms. The molecule has 0 spiro atoms. The fourth-order valence-corrected chi connectivity index (χ4v) is 6.53. The van der Waals surface area contributed by atoms with Crippen LogP contribution in [-0.4, -0.2) is 46.9 Å². The average molecular weight is 694 g/mol. The minimum absolute atomic E-state index is 0.0718. The Hall–Kier alpha value is -1.40. The zero-order valence-corrected chi connectivity index (χ0v) is 32.8. The molecule has 0 saturated heterocycles. The lowest BCUT2D eigenvalue weighted by Gasteiger charge is -2.24. The Morgan fingerprint density at radius 2 is 1.00 bits per heavy atom. The average Bonchev–Trinajstić information content (AvgIpc) is 3.09. The van der Waals surface area contributed by atoms with E-state index in [9.17, 15) is 19.8 Å². The molecule has 0 heterocycles. The largest absolute Gasteiger partial charge is 0.462 e. The van der Waals surface area contributed by atoms with E-state index in [0.29, 0.717) is 19.3 Å². The molecule has 0 aliphatic rings. The second-order valence-electron chi connectivity index (χ2n) is 14.7. The van der Waals surface area contributed by atoms with Gasteiger partial charge in [0.1, 0.15) is 6.10 Å². The number of ether oxygens (including phenoxy) is 1. The number of carbonyl (C=O) groups excluding carboxylic acids is 2. The van der Waals surface area contributed by atoms with Gasteiger partial charge in [0.25, 0.3) is 0 Å². The minimum atomic E-state index is -0.782. The van der Waals surface area contributed by atoms with E-state index in [4.69, 9.17) is 4.74 Å². The van der Waals surface area contributed by atoms with Gasteiger partial charge in [-0.25, -0.2) is 0 Å². The fraction of sp³-hybridized carbons (Fsp3) is 0.907. The third-order valence-electron chi connectivity index (χ3n) is 9.84. The molecule has 0 aliphatic heterocycles. The number of rotatable bonds is 38. The maximum atomic E-state index is 13.0. The van der Waals surface area contributed by atoms with E-state index in [2.05, 4.69) is 38.2 Å². The summed E-state index contributed by atoms with van der Waals surface area (Å²) < 4.78 is 5.86. The molecule has 0 rings (SSSR count). The predicted octanol–water partition coefficient (Wildman–Crippen LogP) is 11.8. The lowest BCUT2D eigenvalue weighted by atomic mass is 10.0. The Kier molecular flexibility index (Phi) is 36.8. The predicted molar refractivity (Wildman–Crippen MR) is 209 cm³/mol. The van der Waals surface area contributed by atoms with E-state index in [1.165, 1.54) is 109 Å². The van der Waals surface area contributed by atoms with Crippen molar-refractivity contribution in [3.63, 3.8) is 0 Å². The van der Waals surface area contributed by atoms with Crippen molar-refractivity contribution >= 4 is 11.9 Å². The number of allylic oxidation sites excluding steroid dienone is 2. The number of unbranched alkanes of at least 4 members (excludes halogenated alkanes) is 24. The molecule has 0 radical (unpaired) electrons. The Bertz CT molecular complexity index is 742. The number of amides is 1. The van der Waals surface area contributed by atoms with Crippen LogP contribution in [0, 0.1) is 0 Å². The summed E-state index contributed by atoms with van der Waals surface area (Å²) in [7, 11) is 0. The molecule has 3 unspecified atom stereocenters. The van der Waals surface area contributed by atoms with Gasteiger partial charge in [-0.3, -0.25) is 9.59 Å². The van der Waals surface area contributed by atoms with Gasteiger partial charge < -0.3 is 20.3 Å². The highest BCUT2D eigenvalue weighted by Gasteiger charge is 2.24. The van der Waals surface area contributed by atoms with E-state index in [0.717, 1.165) is 70.6 Å². The summed E-state index contributed by atoms with van der Waals surface area (Å²) in [5.41, 5.74) is 0. The van der Waals surface area contributed by atoms with Crippen LogP contribution < -0.4 is 5.32 Å². The van der Waals surface area contributed by atoms with Gasteiger partial charge in [-0.05, 0) is 44.9 Å². The van der Waals surface area contributed by atoms with E-state index in [-0.39, 0.29) is 24.9 Å². The van der Waals surface area contributed by atoms with Crippen LogP contribution >= 0.6 is 0 Å². The maximum absolute atomic E-state index is 13.0. The molecule has 3 N–H and O–H groups in total. The molecule has 0 fully saturated rings. The van der Waals surface area contributed by atoms with Gasteiger partial charge in [-0.1, -0.05) is 181 Å². The second kappa shape index (κ2) is 37.8. The highest BCUT2D eigenvalue weighted by atomic mass is 16.5. The Labute approximate surface area is 304 Å². The topological polar surface area (TPSA) is 95.9 Å². The van der Waals surface area contributed by atoms with Crippen LogP contribution in [0.2, 0.25) is 0 Å². The quantitative estimate of drug-likeness (QED) is 0.0340. The summed E-state index contributed by atoms with van der Waals surface area (Å²) in [4.78, 5) is 25.8. The van der Waals surface area contributed by atoms with Crippen molar-refractivity contribution in [1.29, 1.82) is 0 Å². The van der Waals surface area contributed by atoms with Crippen molar-refractivity contribution in [2.45, 2.75) is 244 Å². The van der Waals surface area contributed by atoms with Gasteiger partial charge in [0.15, 0.2) is 0 Å². The minimum Gasteiger partial charge on any atom is -0.462 e. The SMILES string of the molecule is CCCC/C=C\CCCCCC(CC(=O)NC(CO)C(O)CCCCCCCCCCCC)OC(=O)CCCCCCCCCCCCC. The van der Waals surface area contributed by atoms with Gasteiger partial charge in [0.05, 0.1) is 25.2 Å². The lowest BCUT2D eigenvalue weighted by Crippen LogP contribution is -2.46. The summed E-state index contributed by atoms with van der Waals surface area (Å²) >= 11 is 0. The molecule has 0 bridgehead atoms. The third kappa shape index (κ3) is 33.5. The number of hydrogen-bond donors (Lipinski definition) is 3. The number of hydrogen-bond acceptors (Lipinski definition) is 5. The zero-order chi connectivity index (χ0) is 36.0. The Balaban J connectivity index is 4.56. The van der Waals surface area contributed by atoms with E-state index >= 15 is 0 Å². The van der Waals surface area contributed by atoms with Crippen molar-refractivity contribution in [1.82, 2.24) is 5.32 Å². The van der Waals surface area contributed by atoms with Crippen LogP contribution in [0.25, 0.3) is 0 Å². The number of aliphatic hydroxyl groups excluding tert-OH is 2. The number of nitrogens with one attached hydrogen (secondary N) is 1. The van der Waals surface area contributed by atoms with Crippen LogP contribution in [0.15, 0.2) is 12.2 Å². The molecule has 49 heavy (non-hydrogen) atoms. The standard InChI is InChI=1S/C43H83NO5/c1-4-7-10-13-16-19-21-24-27-30-33-36-43(48)49-39(34-31-28-25-22-18-15-12-9-6-3)37-42(47)44-40(38-45)41(46)35-32-29-26-23-20-17-14-11-8-5-2/h15,18,39-41,45-46H,4-14,16-17,19-38H2,1-3H3,(H,44,47)/b18-15-. The highest BCUT2D eigenvalue weighted by Crippen LogP contribution is 2.17. The van der Waals surface area contributed by atoms with Crippen LogP contribution in [0.3, 0.4) is 0 Å². The first-order valence-electron chi connectivity index (χ1n) is 21.4. The van der Waals surface area contributed by atoms with Crippen LogP contribution in [0.5, 0.6) is 0 Å². The van der Waals surface area contributed by atoms with Crippen molar-refractivity contribution in [2.24, 2.45) is 0 Å². The summed E-state index contributed by atoms with van der Waals surface area (Å²) in [5.74, 6) is -0.486. The fourth-order valence-electron chi connectivity index (χ4n) is 6.53. The van der Waals surface area contributed by atoms with Gasteiger partial charge >= 0.3 is 5.97 Å². The van der Waals surface area contributed by atoms with Crippen LogP contribution in [0.4, 0.5) is 0 Å². The summed E-state index contributed by atoms with van der Waals surface area (Å²) in [6.45, 7) is 6.40. The monoisotopic (exact) mass is 694 g/mol. The molecule has 3 atom stereocenters. The van der Waals surface area contributed by atoms with E-state index < -0.39 is 18.2 Å². The third-order valence-corrected chi connectivity index (χ3v) is 9.84. The second-order valence-corrected chi connectivity index (χ2v) is 14.7. The number of carbonyl (C=O) groups is 2. The Morgan fingerprint density at radius 3 is 1.51 bits per heavy atom. The van der Waals surface area contributed by atoms with Gasteiger partial charge in [0.2, 0.25) is 5.91 Å². The number of aliphatic hydroxyl groups is 2. The van der Waals surface area contributed by atoms with Gasteiger partial charge in [-0.2, -0.15) is 0 Å². The molecule has 0 aromatic carbocycles.